The summed E-state index contributed by atoms with van der Waals surface area (Å²) in [6, 6.07) is 9.71. The highest BCUT2D eigenvalue weighted by Gasteiger charge is 2.07. The van der Waals surface area contributed by atoms with E-state index in [1.54, 1.807) is 4.90 Å². The molecule has 1 aromatic carbocycles. The van der Waals surface area contributed by atoms with Gasteiger partial charge in [0, 0.05) is 18.0 Å². The van der Waals surface area contributed by atoms with Crippen molar-refractivity contribution in [3.63, 3.8) is 0 Å². The minimum absolute atomic E-state index is 0.103. The Bertz CT molecular complexity index is 314. The molecule has 0 aliphatic carbocycles. The highest BCUT2D eigenvalue weighted by atomic mass is 32.2. The van der Waals surface area contributed by atoms with Crippen LogP contribution in [0.3, 0.4) is 0 Å². The topological polar surface area (TPSA) is 44.4 Å². The van der Waals surface area contributed by atoms with E-state index in [9.17, 15) is 4.79 Å². The van der Waals surface area contributed by atoms with Gasteiger partial charge in [-0.25, -0.2) is 4.79 Å². The van der Waals surface area contributed by atoms with E-state index in [1.165, 1.54) is 11.9 Å². The molecule has 0 radical (unpaired) electrons. The molecule has 16 heavy (non-hydrogen) atoms. The maximum atomic E-state index is 11.5. The van der Waals surface area contributed by atoms with Gasteiger partial charge in [-0.1, -0.05) is 18.2 Å². The summed E-state index contributed by atoms with van der Waals surface area (Å²) >= 11 is 1.38. The largest absolute Gasteiger partial charge is 0.332 e. The Labute approximate surface area is 101 Å². The van der Waals surface area contributed by atoms with Crippen LogP contribution in [-0.2, 0) is 0 Å². The first-order chi connectivity index (χ1) is 7.77. The van der Waals surface area contributed by atoms with Crippen molar-refractivity contribution in [3.05, 3.63) is 30.3 Å². The lowest BCUT2D eigenvalue weighted by molar-refractivity contribution is 0.202. The summed E-state index contributed by atoms with van der Waals surface area (Å²) in [6.45, 7) is 5.32. The van der Waals surface area contributed by atoms with Crippen LogP contribution in [0.4, 0.5) is 4.79 Å². The lowest BCUT2D eigenvalue weighted by Gasteiger charge is -2.18. The number of hydrogen-bond donors (Lipinski definition) is 2. The Morgan fingerprint density at radius 1 is 1.25 bits per heavy atom. The number of hydrazine groups is 1. The average molecular weight is 239 g/mol. The molecule has 0 aromatic heterocycles. The van der Waals surface area contributed by atoms with E-state index in [1.807, 2.05) is 44.2 Å². The molecule has 0 saturated carbocycles. The summed E-state index contributed by atoms with van der Waals surface area (Å²) in [5.41, 5.74) is 2.63. The third-order valence-electron chi connectivity index (χ3n) is 2.12. The number of rotatable bonds is 5. The second-order valence-corrected chi connectivity index (χ2v) is 4.00. The van der Waals surface area contributed by atoms with Crippen molar-refractivity contribution in [2.45, 2.75) is 18.7 Å². The van der Waals surface area contributed by atoms with Gasteiger partial charge in [-0.3, -0.25) is 5.43 Å². The minimum atomic E-state index is -0.103. The zero-order valence-electron chi connectivity index (χ0n) is 9.56. The summed E-state index contributed by atoms with van der Waals surface area (Å²) in [4.78, 5) is 17.1. The molecular formula is C11H17N3OS. The lowest BCUT2D eigenvalue weighted by Crippen LogP contribution is -2.44. The summed E-state index contributed by atoms with van der Waals surface area (Å²) in [6.07, 6.45) is 0. The molecular weight excluding hydrogens is 222 g/mol. The van der Waals surface area contributed by atoms with Crippen molar-refractivity contribution in [2.75, 3.05) is 13.1 Å². The molecule has 2 N–H and O–H groups in total. The Hall–Kier alpha value is -1.20. The van der Waals surface area contributed by atoms with Gasteiger partial charge in [0.05, 0.1) is 0 Å². The van der Waals surface area contributed by atoms with E-state index in [4.69, 9.17) is 0 Å². The summed E-state index contributed by atoms with van der Waals surface area (Å²) in [5, 5.41) is 0. The molecule has 2 amide bonds. The van der Waals surface area contributed by atoms with Crippen LogP contribution in [-0.4, -0.2) is 24.0 Å². The van der Waals surface area contributed by atoms with Gasteiger partial charge in [0.1, 0.15) is 0 Å². The Morgan fingerprint density at radius 2 is 1.88 bits per heavy atom. The zero-order valence-corrected chi connectivity index (χ0v) is 10.4. The van der Waals surface area contributed by atoms with Gasteiger partial charge < -0.3 is 4.90 Å². The van der Waals surface area contributed by atoms with Crippen LogP contribution in [0.15, 0.2) is 35.2 Å². The molecule has 0 aliphatic rings. The van der Waals surface area contributed by atoms with Crippen LogP contribution in [0.2, 0.25) is 0 Å². The number of benzene rings is 1. The number of nitrogens with zero attached hydrogens (tertiary/aromatic N) is 1. The molecule has 88 valence electrons. The van der Waals surface area contributed by atoms with E-state index < -0.39 is 0 Å². The van der Waals surface area contributed by atoms with E-state index >= 15 is 0 Å². The first-order valence-corrected chi connectivity index (χ1v) is 6.11. The quantitative estimate of drug-likeness (QED) is 0.612. The summed E-state index contributed by atoms with van der Waals surface area (Å²) in [5.74, 6) is 0. The number of carbonyl (C=O) groups excluding carboxylic acids is 1. The van der Waals surface area contributed by atoms with Gasteiger partial charge in [0.15, 0.2) is 0 Å². The monoisotopic (exact) mass is 239 g/mol. The van der Waals surface area contributed by atoms with Crippen molar-refractivity contribution in [2.24, 2.45) is 0 Å². The van der Waals surface area contributed by atoms with Gasteiger partial charge >= 0.3 is 6.03 Å². The first-order valence-electron chi connectivity index (χ1n) is 5.29. The maximum absolute atomic E-state index is 11.5. The maximum Gasteiger partial charge on any atom is 0.332 e. The predicted molar refractivity (Wildman–Crippen MR) is 66.9 cm³/mol. The van der Waals surface area contributed by atoms with Crippen molar-refractivity contribution >= 4 is 18.0 Å². The summed E-state index contributed by atoms with van der Waals surface area (Å²) in [7, 11) is 0. The predicted octanol–water partition coefficient (Wildman–Crippen LogP) is 2.25. The number of nitrogens with one attached hydrogen (secondary N) is 2. The van der Waals surface area contributed by atoms with Crippen LogP contribution in [0.5, 0.6) is 0 Å². The number of hydrogen-bond acceptors (Lipinski definition) is 3. The third kappa shape index (κ3) is 4.12. The van der Waals surface area contributed by atoms with Crippen LogP contribution in [0.25, 0.3) is 0 Å². The van der Waals surface area contributed by atoms with E-state index in [-0.39, 0.29) is 6.03 Å². The summed E-state index contributed by atoms with van der Waals surface area (Å²) < 4.78 is 0. The fourth-order valence-electron chi connectivity index (χ4n) is 1.21. The number of carbonyl (C=O) groups is 1. The molecule has 0 heterocycles. The van der Waals surface area contributed by atoms with Gasteiger partial charge in [-0.05, 0) is 37.9 Å². The zero-order chi connectivity index (χ0) is 11.8. The Kier molecular flexibility index (Phi) is 5.74. The normalized spacial score (nSPS) is 9.88. The van der Waals surface area contributed by atoms with Crippen LogP contribution in [0.1, 0.15) is 13.8 Å². The molecule has 0 saturated heterocycles. The molecule has 0 fully saturated rings. The highest BCUT2D eigenvalue weighted by molar-refractivity contribution is 7.97. The van der Waals surface area contributed by atoms with Crippen molar-refractivity contribution in [1.29, 1.82) is 0 Å². The van der Waals surface area contributed by atoms with Gasteiger partial charge in [-0.2, -0.15) is 4.83 Å². The van der Waals surface area contributed by atoms with E-state index in [0.29, 0.717) is 13.1 Å². The van der Waals surface area contributed by atoms with E-state index in [0.717, 1.165) is 4.90 Å². The molecule has 1 rings (SSSR count). The smallest absolute Gasteiger partial charge is 0.324 e. The molecule has 1 aromatic rings. The van der Waals surface area contributed by atoms with E-state index in [2.05, 4.69) is 10.3 Å². The average Bonchev–Trinajstić information content (AvgIpc) is 2.32. The molecule has 0 bridgehead atoms. The second kappa shape index (κ2) is 7.14. The SMILES string of the molecule is CCN(CC)C(=O)NNSc1ccccc1. The lowest BCUT2D eigenvalue weighted by atomic mass is 10.4. The standard InChI is InChI=1S/C11H17N3OS/c1-3-14(4-2)11(15)12-13-16-10-8-6-5-7-9-10/h5-9,13H,3-4H2,1-2H3,(H,12,15). The van der Waals surface area contributed by atoms with Gasteiger partial charge in [0.2, 0.25) is 0 Å². The van der Waals surface area contributed by atoms with Gasteiger partial charge in [0.25, 0.3) is 0 Å². The third-order valence-corrected chi connectivity index (χ3v) is 2.83. The number of urea groups is 1. The highest BCUT2D eigenvalue weighted by Crippen LogP contribution is 2.11. The van der Waals surface area contributed by atoms with Crippen LogP contribution in [0, 0.1) is 0 Å². The molecule has 4 nitrogen and oxygen atoms in total. The van der Waals surface area contributed by atoms with Crippen LogP contribution >= 0.6 is 11.9 Å². The fourth-order valence-corrected chi connectivity index (χ4v) is 1.76. The van der Waals surface area contributed by atoms with Gasteiger partial charge in [-0.15, -0.1) is 0 Å². The Balaban J connectivity index is 2.28. The Morgan fingerprint density at radius 3 is 2.44 bits per heavy atom. The van der Waals surface area contributed by atoms with Crippen molar-refractivity contribution < 1.29 is 4.79 Å². The second-order valence-electron chi connectivity index (χ2n) is 3.12. The minimum Gasteiger partial charge on any atom is -0.324 e. The van der Waals surface area contributed by atoms with Crippen LogP contribution < -0.4 is 10.3 Å². The van der Waals surface area contributed by atoms with Crippen molar-refractivity contribution in [3.8, 4) is 0 Å². The number of amides is 2. The first kappa shape index (κ1) is 12.9. The molecule has 0 aliphatic heterocycles. The van der Waals surface area contributed by atoms with Crippen molar-refractivity contribution in [1.82, 2.24) is 15.2 Å². The molecule has 0 spiro atoms. The molecule has 0 unspecified atom stereocenters. The molecule has 5 heteroatoms. The fraction of sp³-hybridized carbons (Fsp3) is 0.364. The molecule has 0 atom stereocenters.